The molecule has 0 bridgehead atoms. The Bertz CT molecular complexity index is 963. The molecule has 9 nitrogen and oxygen atoms in total. The number of nitrogens with two attached hydrogens (primary N) is 1. The molecule has 1 fully saturated rings. The van der Waals surface area contributed by atoms with E-state index in [1.165, 1.54) is 11.9 Å². The maximum atomic E-state index is 5.82. The van der Waals surface area contributed by atoms with Crippen molar-refractivity contribution in [2.24, 2.45) is 10.7 Å². The third kappa shape index (κ3) is 5.05. The van der Waals surface area contributed by atoms with Crippen molar-refractivity contribution in [1.29, 1.82) is 0 Å². The van der Waals surface area contributed by atoms with Crippen molar-refractivity contribution >= 4 is 12.0 Å². The number of nitrogens with one attached hydrogen (secondary N) is 1. The Hall–Kier alpha value is -2.91. The van der Waals surface area contributed by atoms with Crippen LogP contribution in [0.25, 0.3) is 0 Å². The summed E-state index contributed by atoms with van der Waals surface area (Å²) < 4.78 is 11.1. The smallest absolute Gasteiger partial charge is 0.232 e. The van der Waals surface area contributed by atoms with E-state index in [1.807, 2.05) is 26.8 Å². The van der Waals surface area contributed by atoms with Crippen LogP contribution in [0.15, 0.2) is 39.5 Å². The molecule has 2 aromatic rings. The van der Waals surface area contributed by atoms with Crippen molar-refractivity contribution in [2.75, 3.05) is 25.1 Å². The minimum atomic E-state index is 0.156. The molecular formula is C22H31N7O2. The van der Waals surface area contributed by atoms with E-state index in [-0.39, 0.29) is 12.1 Å². The summed E-state index contributed by atoms with van der Waals surface area (Å²) in [4.78, 5) is 11.1. The van der Waals surface area contributed by atoms with E-state index < -0.39 is 0 Å². The standard InChI is InChI=1S/C22H31N7O2/c1-14(2)30-20-5-6-21-17(8-20)11-29(26-21)12-19(24-13-23)7-15(3)28-9-18(10-28)22-25-16(4)27-31-22/h5-8,13-15,18,26H,9-12H2,1-4H3,(H2,23,24)/b19-7-. The van der Waals surface area contributed by atoms with Gasteiger partial charge in [0, 0.05) is 25.7 Å². The van der Waals surface area contributed by atoms with Gasteiger partial charge < -0.3 is 20.4 Å². The summed E-state index contributed by atoms with van der Waals surface area (Å²) in [7, 11) is 0. The van der Waals surface area contributed by atoms with Gasteiger partial charge in [0.05, 0.1) is 36.3 Å². The summed E-state index contributed by atoms with van der Waals surface area (Å²) in [6.45, 7) is 11.3. The number of aliphatic imine (C=N–C) groups is 1. The average molecular weight is 426 g/mol. The molecule has 1 unspecified atom stereocenters. The predicted molar refractivity (Wildman–Crippen MR) is 120 cm³/mol. The molecule has 3 heterocycles. The molecule has 4 rings (SSSR count). The van der Waals surface area contributed by atoms with Crippen LogP contribution in [0.2, 0.25) is 0 Å². The van der Waals surface area contributed by atoms with Gasteiger partial charge >= 0.3 is 0 Å². The lowest BCUT2D eigenvalue weighted by molar-refractivity contribution is 0.103. The van der Waals surface area contributed by atoms with Crippen molar-refractivity contribution in [3.8, 4) is 5.75 Å². The molecule has 9 heteroatoms. The largest absolute Gasteiger partial charge is 0.491 e. The fourth-order valence-electron chi connectivity index (χ4n) is 3.96. The number of aryl methyl sites for hydroxylation is 1. The Morgan fingerprint density at radius 2 is 2.19 bits per heavy atom. The molecule has 166 valence electrons. The van der Waals surface area contributed by atoms with Gasteiger partial charge in [0.1, 0.15) is 5.75 Å². The second-order valence-electron chi connectivity index (χ2n) is 8.46. The first kappa shape index (κ1) is 21.3. The molecule has 1 saturated heterocycles. The third-order valence-electron chi connectivity index (χ3n) is 5.49. The van der Waals surface area contributed by atoms with Crippen LogP contribution in [0.1, 0.15) is 44.0 Å². The lowest BCUT2D eigenvalue weighted by Crippen LogP contribution is -2.49. The highest BCUT2D eigenvalue weighted by atomic mass is 16.5. The summed E-state index contributed by atoms with van der Waals surface area (Å²) in [6, 6.07) is 6.39. The molecule has 2 aliphatic rings. The van der Waals surface area contributed by atoms with Crippen LogP contribution in [-0.2, 0) is 6.54 Å². The Balaban J connectivity index is 1.35. The molecule has 1 atom stereocenters. The molecule has 0 saturated carbocycles. The molecule has 2 aliphatic heterocycles. The first-order chi connectivity index (χ1) is 14.9. The molecule has 0 amide bonds. The molecule has 1 aromatic heterocycles. The van der Waals surface area contributed by atoms with E-state index in [9.17, 15) is 0 Å². The minimum Gasteiger partial charge on any atom is -0.491 e. The fraction of sp³-hybridized carbons (Fsp3) is 0.500. The number of rotatable bonds is 8. The quantitative estimate of drug-likeness (QED) is 0.491. The highest BCUT2D eigenvalue weighted by molar-refractivity contribution is 5.57. The Kier molecular flexibility index (Phi) is 6.24. The van der Waals surface area contributed by atoms with Gasteiger partial charge in [-0.05, 0) is 57.5 Å². The van der Waals surface area contributed by atoms with E-state index in [0.29, 0.717) is 18.3 Å². The number of benzene rings is 1. The van der Waals surface area contributed by atoms with Gasteiger partial charge in [0.25, 0.3) is 0 Å². The zero-order chi connectivity index (χ0) is 22.0. The highest BCUT2D eigenvalue weighted by Gasteiger charge is 2.34. The summed E-state index contributed by atoms with van der Waals surface area (Å²) in [6.07, 6.45) is 3.68. The Morgan fingerprint density at radius 3 is 2.87 bits per heavy atom. The van der Waals surface area contributed by atoms with E-state index >= 15 is 0 Å². The Morgan fingerprint density at radius 1 is 1.39 bits per heavy atom. The van der Waals surface area contributed by atoms with Gasteiger partial charge in [-0.15, -0.1) is 0 Å². The highest BCUT2D eigenvalue weighted by Crippen LogP contribution is 2.31. The maximum absolute atomic E-state index is 5.82. The predicted octanol–water partition coefficient (Wildman–Crippen LogP) is 2.67. The summed E-state index contributed by atoms with van der Waals surface area (Å²) in [5.41, 5.74) is 12.3. The van der Waals surface area contributed by atoms with Crippen LogP contribution in [0.3, 0.4) is 0 Å². The van der Waals surface area contributed by atoms with Crippen molar-refractivity contribution in [3.63, 3.8) is 0 Å². The number of nitrogens with zero attached hydrogens (tertiary/aromatic N) is 5. The van der Waals surface area contributed by atoms with Crippen LogP contribution in [0, 0.1) is 6.92 Å². The summed E-state index contributed by atoms with van der Waals surface area (Å²) in [5, 5.41) is 6.02. The number of likely N-dealkylation sites (tertiary alicyclic amines) is 1. The van der Waals surface area contributed by atoms with Gasteiger partial charge in [-0.1, -0.05) is 5.16 Å². The van der Waals surface area contributed by atoms with Crippen LogP contribution in [-0.4, -0.2) is 58.2 Å². The van der Waals surface area contributed by atoms with E-state index in [2.05, 4.69) is 55.6 Å². The van der Waals surface area contributed by atoms with Crippen LogP contribution >= 0.6 is 0 Å². The van der Waals surface area contributed by atoms with Gasteiger partial charge in [-0.2, -0.15) is 4.98 Å². The van der Waals surface area contributed by atoms with Gasteiger partial charge in [0.2, 0.25) is 5.89 Å². The van der Waals surface area contributed by atoms with E-state index in [4.69, 9.17) is 15.0 Å². The number of aromatic nitrogens is 2. The first-order valence-electron chi connectivity index (χ1n) is 10.7. The molecule has 31 heavy (non-hydrogen) atoms. The number of ether oxygens (including phenoxy) is 1. The zero-order valence-electron chi connectivity index (χ0n) is 18.6. The minimum absolute atomic E-state index is 0.156. The topological polar surface area (TPSA) is 105 Å². The monoisotopic (exact) mass is 425 g/mol. The number of hydrazine groups is 1. The van der Waals surface area contributed by atoms with Crippen LogP contribution in [0.4, 0.5) is 5.69 Å². The molecule has 0 aliphatic carbocycles. The van der Waals surface area contributed by atoms with E-state index in [1.54, 1.807) is 0 Å². The lowest BCUT2D eigenvalue weighted by atomic mass is 9.97. The average Bonchev–Trinajstić information content (AvgIpc) is 3.25. The Labute approximate surface area is 182 Å². The lowest BCUT2D eigenvalue weighted by Gasteiger charge is -2.40. The second-order valence-corrected chi connectivity index (χ2v) is 8.46. The first-order valence-corrected chi connectivity index (χ1v) is 10.7. The zero-order valence-corrected chi connectivity index (χ0v) is 18.6. The molecule has 0 radical (unpaired) electrons. The molecule has 1 aromatic carbocycles. The maximum Gasteiger partial charge on any atom is 0.232 e. The summed E-state index contributed by atoms with van der Waals surface area (Å²) in [5.74, 6) is 2.61. The summed E-state index contributed by atoms with van der Waals surface area (Å²) >= 11 is 0. The van der Waals surface area contributed by atoms with Crippen molar-refractivity contribution < 1.29 is 9.26 Å². The number of hydrogen-bond donors (Lipinski definition) is 2. The van der Waals surface area contributed by atoms with Crippen molar-refractivity contribution in [1.82, 2.24) is 20.0 Å². The van der Waals surface area contributed by atoms with Gasteiger partial charge in [-0.3, -0.25) is 4.90 Å². The molecular weight excluding hydrogens is 394 g/mol. The number of fused-ring (bicyclic) bond motifs is 1. The third-order valence-corrected chi connectivity index (χ3v) is 5.49. The van der Waals surface area contributed by atoms with Crippen molar-refractivity contribution in [2.45, 2.75) is 52.3 Å². The fourth-order valence-corrected chi connectivity index (χ4v) is 3.96. The van der Waals surface area contributed by atoms with Crippen LogP contribution < -0.4 is 15.9 Å². The molecule has 3 N–H and O–H groups in total. The van der Waals surface area contributed by atoms with Gasteiger partial charge in [0.15, 0.2) is 5.82 Å². The molecule has 0 spiro atoms. The van der Waals surface area contributed by atoms with Crippen molar-refractivity contribution in [3.05, 3.63) is 47.3 Å². The normalized spacial score (nSPS) is 18.9. The number of anilines is 1. The van der Waals surface area contributed by atoms with E-state index in [0.717, 1.165) is 42.7 Å². The van der Waals surface area contributed by atoms with Gasteiger partial charge in [-0.25, -0.2) is 10.0 Å². The second kappa shape index (κ2) is 9.07. The van der Waals surface area contributed by atoms with Crippen LogP contribution in [0.5, 0.6) is 5.75 Å². The SMILES string of the molecule is Cc1noc(C2CN(C(C)/C=C(/CN3Cc4cc(OC(C)C)ccc4N3)N=CN)C2)n1. The number of hydrogen-bond acceptors (Lipinski definition) is 8.